The van der Waals surface area contributed by atoms with E-state index in [9.17, 15) is 4.79 Å². The van der Waals surface area contributed by atoms with E-state index < -0.39 is 0 Å². The SMILES string of the molecule is CNC(=O)c1cc(NCC2CC(N)C2)ccn1. The third-order valence-corrected chi connectivity index (χ3v) is 3.09. The summed E-state index contributed by atoms with van der Waals surface area (Å²) in [5.74, 6) is 0.487. The van der Waals surface area contributed by atoms with E-state index in [4.69, 9.17) is 5.73 Å². The number of nitrogens with zero attached hydrogens (tertiary/aromatic N) is 1. The van der Waals surface area contributed by atoms with Crippen LogP contribution in [0.5, 0.6) is 0 Å². The number of rotatable bonds is 4. The first kappa shape index (κ1) is 11.9. The normalized spacial score (nSPS) is 22.7. The topological polar surface area (TPSA) is 80.0 Å². The lowest BCUT2D eigenvalue weighted by Crippen LogP contribution is -2.39. The summed E-state index contributed by atoms with van der Waals surface area (Å²) < 4.78 is 0. The van der Waals surface area contributed by atoms with Gasteiger partial charge in [0.2, 0.25) is 0 Å². The molecule has 5 nitrogen and oxygen atoms in total. The molecule has 0 unspecified atom stereocenters. The number of nitrogens with two attached hydrogens (primary N) is 1. The van der Waals surface area contributed by atoms with Gasteiger partial charge >= 0.3 is 0 Å². The summed E-state index contributed by atoms with van der Waals surface area (Å²) in [6.07, 6.45) is 3.81. The minimum atomic E-state index is -0.167. The number of anilines is 1. The molecule has 5 heteroatoms. The second kappa shape index (κ2) is 5.14. The van der Waals surface area contributed by atoms with Gasteiger partial charge in [-0.3, -0.25) is 9.78 Å². The molecule has 0 bridgehead atoms. The van der Waals surface area contributed by atoms with E-state index in [1.54, 1.807) is 19.3 Å². The van der Waals surface area contributed by atoms with Crippen LogP contribution in [-0.2, 0) is 0 Å². The molecule has 2 rings (SSSR count). The first-order valence-corrected chi connectivity index (χ1v) is 5.86. The van der Waals surface area contributed by atoms with Crippen LogP contribution in [0.2, 0.25) is 0 Å². The van der Waals surface area contributed by atoms with Crippen molar-refractivity contribution < 1.29 is 4.79 Å². The van der Waals surface area contributed by atoms with E-state index in [2.05, 4.69) is 15.6 Å². The van der Waals surface area contributed by atoms with E-state index in [0.717, 1.165) is 25.1 Å². The number of nitrogens with one attached hydrogen (secondary N) is 2. The first-order chi connectivity index (χ1) is 8.19. The molecule has 1 amide bonds. The molecule has 1 fully saturated rings. The number of hydrogen-bond acceptors (Lipinski definition) is 4. The number of carbonyl (C=O) groups is 1. The van der Waals surface area contributed by atoms with E-state index in [1.807, 2.05) is 6.07 Å². The lowest BCUT2D eigenvalue weighted by atomic mass is 9.81. The highest BCUT2D eigenvalue weighted by molar-refractivity contribution is 5.92. The lowest BCUT2D eigenvalue weighted by Gasteiger charge is -2.32. The molecule has 0 radical (unpaired) electrons. The Hall–Kier alpha value is -1.62. The van der Waals surface area contributed by atoms with Crippen LogP contribution in [0.4, 0.5) is 5.69 Å². The molecule has 1 aromatic rings. The predicted octanol–water partition coefficient (Wildman–Crippen LogP) is 0.590. The second-order valence-electron chi connectivity index (χ2n) is 4.49. The predicted molar refractivity (Wildman–Crippen MR) is 66.8 cm³/mol. The molecule has 0 aromatic carbocycles. The summed E-state index contributed by atoms with van der Waals surface area (Å²) in [7, 11) is 1.60. The fourth-order valence-electron chi connectivity index (χ4n) is 2.01. The number of hydrogen-bond donors (Lipinski definition) is 3. The number of pyridine rings is 1. The molecular weight excluding hydrogens is 216 g/mol. The summed E-state index contributed by atoms with van der Waals surface area (Å²) in [5.41, 5.74) is 7.09. The van der Waals surface area contributed by atoms with Crippen LogP contribution in [0.3, 0.4) is 0 Å². The first-order valence-electron chi connectivity index (χ1n) is 5.86. The van der Waals surface area contributed by atoms with Crippen molar-refractivity contribution >= 4 is 11.6 Å². The molecule has 1 aliphatic carbocycles. The fraction of sp³-hybridized carbons (Fsp3) is 0.500. The number of amides is 1. The zero-order valence-electron chi connectivity index (χ0n) is 9.94. The van der Waals surface area contributed by atoms with Crippen LogP contribution in [0.15, 0.2) is 18.3 Å². The molecule has 0 atom stereocenters. The van der Waals surface area contributed by atoms with Crippen LogP contribution in [0.25, 0.3) is 0 Å². The van der Waals surface area contributed by atoms with Gasteiger partial charge in [-0.05, 0) is 30.9 Å². The Kier molecular flexibility index (Phi) is 3.58. The Morgan fingerprint density at radius 1 is 1.59 bits per heavy atom. The van der Waals surface area contributed by atoms with Gasteiger partial charge in [0.15, 0.2) is 0 Å². The maximum absolute atomic E-state index is 11.4. The minimum absolute atomic E-state index is 0.167. The molecule has 1 saturated carbocycles. The quantitative estimate of drug-likeness (QED) is 0.712. The van der Waals surface area contributed by atoms with E-state index in [1.165, 1.54) is 0 Å². The lowest BCUT2D eigenvalue weighted by molar-refractivity contribution is 0.0958. The van der Waals surface area contributed by atoms with Gasteiger partial charge in [0.1, 0.15) is 5.69 Å². The maximum Gasteiger partial charge on any atom is 0.269 e. The van der Waals surface area contributed by atoms with Crippen molar-refractivity contribution in [2.75, 3.05) is 18.9 Å². The average molecular weight is 234 g/mol. The minimum Gasteiger partial charge on any atom is -0.385 e. The monoisotopic (exact) mass is 234 g/mol. The van der Waals surface area contributed by atoms with Gasteiger partial charge in [-0.25, -0.2) is 0 Å². The summed E-state index contributed by atoms with van der Waals surface area (Å²) in [4.78, 5) is 15.4. The van der Waals surface area contributed by atoms with Crippen molar-refractivity contribution in [3.05, 3.63) is 24.0 Å². The van der Waals surface area contributed by atoms with Crippen molar-refractivity contribution in [1.29, 1.82) is 0 Å². The van der Waals surface area contributed by atoms with Gasteiger partial charge in [-0.15, -0.1) is 0 Å². The van der Waals surface area contributed by atoms with Crippen LogP contribution in [0.1, 0.15) is 23.3 Å². The molecule has 0 spiro atoms. The fourth-order valence-corrected chi connectivity index (χ4v) is 2.01. The number of carbonyl (C=O) groups excluding carboxylic acids is 1. The maximum atomic E-state index is 11.4. The third kappa shape index (κ3) is 2.94. The molecule has 1 heterocycles. The van der Waals surface area contributed by atoms with Gasteiger partial charge in [0.05, 0.1) is 0 Å². The largest absolute Gasteiger partial charge is 0.385 e. The molecular formula is C12H18N4O. The summed E-state index contributed by atoms with van der Waals surface area (Å²) in [6.45, 7) is 0.908. The Balaban J connectivity index is 1.90. The zero-order valence-corrected chi connectivity index (χ0v) is 9.94. The van der Waals surface area contributed by atoms with Crippen molar-refractivity contribution in [3.63, 3.8) is 0 Å². The highest BCUT2D eigenvalue weighted by Gasteiger charge is 2.25. The summed E-state index contributed by atoms with van der Waals surface area (Å²) >= 11 is 0. The highest BCUT2D eigenvalue weighted by atomic mass is 16.1. The summed E-state index contributed by atoms with van der Waals surface area (Å²) in [6, 6.07) is 4.00. The van der Waals surface area contributed by atoms with Gasteiger partial charge in [-0.2, -0.15) is 0 Å². The Labute approximate surface area is 101 Å². The van der Waals surface area contributed by atoms with Crippen molar-refractivity contribution in [1.82, 2.24) is 10.3 Å². The Bertz CT molecular complexity index is 401. The molecule has 1 aliphatic rings. The molecule has 1 aromatic heterocycles. The second-order valence-corrected chi connectivity index (χ2v) is 4.49. The van der Waals surface area contributed by atoms with Crippen LogP contribution < -0.4 is 16.4 Å². The van der Waals surface area contributed by atoms with Gasteiger partial charge in [0.25, 0.3) is 5.91 Å². The average Bonchev–Trinajstić information content (AvgIpc) is 2.32. The number of aromatic nitrogens is 1. The standard InChI is InChI=1S/C12H18N4O/c1-14-12(17)11-6-10(2-3-15-11)16-7-8-4-9(13)5-8/h2-3,6,8-9H,4-5,7,13H2,1H3,(H,14,17)(H,15,16). The highest BCUT2D eigenvalue weighted by Crippen LogP contribution is 2.25. The Morgan fingerprint density at radius 2 is 2.35 bits per heavy atom. The zero-order chi connectivity index (χ0) is 12.3. The van der Waals surface area contributed by atoms with E-state index in [-0.39, 0.29) is 5.91 Å². The molecule has 0 saturated heterocycles. The van der Waals surface area contributed by atoms with Crippen LogP contribution >= 0.6 is 0 Å². The molecule has 4 N–H and O–H groups in total. The third-order valence-electron chi connectivity index (χ3n) is 3.09. The summed E-state index contributed by atoms with van der Waals surface area (Å²) in [5, 5.41) is 5.87. The smallest absolute Gasteiger partial charge is 0.269 e. The van der Waals surface area contributed by atoms with Crippen LogP contribution in [-0.4, -0.2) is 30.5 Å². The molecule has 0 aliphatic heterocycles. The van der Waals surface area contributed by atoms with Crippen molar-refractivity contribution in [2.24, 2.45) is 11.7 Å². The van der Waals surface area contributed by atoms with Gasteiger partial charge < -0.3 is 16.4 Å². The molecule has 92 valence electrons. The Morgan fingerprint density at radius 3 is 3.00 bits per heavy atom. The van der Waals surface area contributed by atoms with Crippen molar-refractivity contribution in [3.8, 4) is 0 Å². The van der Waals surface area contributed by atoms with Gasteiger partial charge in [-0.1, -0.05) is 0 Å². The molecule has 17 heavy (non-hydrogen) atoms. The van der Waals surface area contributed by atoms with Crippen LogP contribution in [0, 0.1) is 5.92 Å². The van der Waals surface area contributed by atoms with Crippen molar-refractivity contribution in [2.45, 2.75) is 18.9 Å². The van der Waals surface area contributed by atoms with E-state index >= 15 is 0 Å². The van der Waals surface area contributed by atoms with E-state index in [0.29, 0.717) is 17.7 Å². The van der Waals surface area contributed by atoms with Gasteiger partial charge in [0, 0.05) is 31.5 Å².